The summed E-state index contributed by atoms with van der Waals surface area (Å²) in [5.74, 6) is -0.907. The summed E-state index contributed by atoms with van der Waals surface area (Å²) in [5.41, 5.74) is 0. The highest BCUT2D eigenvalue weighted by Gasteiger charge is 2.41. The van der Waals surface area contributed by atoms with Crippen molar-refractivity contribution in [2.45, 2.75) is 50.9 Å². The second-order valence-electron chi connectivity index (χ2n) is 5.27. The van der Waals surface area contributed by atoms with Gasteiger partial charge in [-0.2, -0.15) is 0 Å². The number of aliphatic carboxylic acids is 1. The minimum Gasteiger partial charge on any atom is -0.481 e. The first-order valence-electron chi connectivity index (χ1n) is 6.46. The Morgan fingerprint density at radius 2 is 2.22 bits per heavy atom. The maximum absolute atomic E-state index is 11.6. The van der Waals surface area contributed by atoms with E-state index in [1.807, 2.05) is 0 Å². The lowest BCUT2D eigenvalue weighted by molar-refractivity contribution is -0.137. The van der Waals surface area contributed by atoms with Crippen LogP contribution in [0.1, 0.15) is 32.6 Å². The number of carboxylic acid groups (broad SMARTS) is 1. The minimum absolute atomic E-state index is 0.0653. The third-order valence-electron chi connectivity index (χ3n) is 3.56. The second-order valence-corrected chi connectivity index (χ2v) is 5.27. The fourth-order valence-electron chi connectivity index (χ4n) is 2.65. The summed E-state index contributed by atoms with van der Waals surface area (Å²) in [6.07, 6.45) is 3.55. The summed E-state index contributed by atoms with van der Waals surface area (Å²) in [7, 11) is 0. The van der Waals surface area contributed by atoms with Gasteiger partial charge in [0.25, 0.3) is 0 Å². The number of hydrogen-bond acceptors (Lipinski definition) is 3. The van der Waals surface area contributed by atoms with Crippen LogP contribution in [0.2, 0.25) is 0 Å². The molecule has 0 aromatic heterocycles. The Morgan fingerprint density at radius 3 is 2.78 bits per heavy atom. The molecule has 2 amide bonds. The monoisotopic (exact) mass is 256 g/mol. The van der Waals surface area contributed by atoms with Crippen LogP contribution in [0.3, 0.4) is 0 Å². The van der Waals surface area contributed by atoms with E-state index in [9.17, 15) is 9.59 Å². The molecule has 4 unspecified atom stereocenters. The molecule has 6 heteroatoms. The Kier molecular flexibility index (Phi) is 4.06. The Morgan fingerprint density at radius 1 is 1.44 bits per heavy atom. The van der Waals surface area contributed by atoms with Crippen molar-refractivity contribution >= 4 is 12.0 Å². The van der Waals surface area contributed by atoms with Crippen LogP contribution in [0, 0.1) is 5.92 Å². The average molecular weight is 256 g/mol. The van der Waals surface area contributed by atoms with Crippen LogP contribution in [0.15, 0.2) is 0 Å². The van der Waals surface area contributed by atoms with Gasteiger partial charge in [0, 0.05) is 13.0 Å². The Bertz CT molecular complexity index is 334. The predicted octanol–water partition coefficient (Wildman–Crippen LogP) is 0.716. The number of carbonyl (C=O) groups is 2. The van der Waals surface area contributed by atoms with Gasteiger partial charge in [0.15, 0.2) is 0 Å². The van der Waals surface area contributed by atoms with Gasteiger partial charge in [0.2, 0.25) is 0 Å². The highest BCUT2D eigenvalue weighted by atomic mass is 16.5. The molecule has 0 aromatic carbocycles. The van der Waals surface area contributed by atoms with Crippen molar-refractivity contribution in [3.05, 3.63) is 0 Å². The Balaban J connectivity index is 1.65. The number of nitrogens with one attached hydrogen (secondary N) is 2. The molecule has 2 aliphatic rings. The van der Waals surface area contributed by atoms with Crippen LogP contribution in [0.4, 0.5) is 4.79 Å². The molecule has 2 aliphatic heterocycles. The fraction of sp³-hybridized carbons (Fsp3) is 0.833. The van der Waals surface area contributed by atoms with Gasteiger partial charge in [0.1, 0.15) is 0 Å². The van der Waals surface area contributed by atoms with Crippen LogP contribution in [-0.4, -0.2) is 41.9 Å². The molecule has 0 aliphatic carbocycles. The standard InChI is InChI=1S/C12H20N2O4/c1-7(4-11(15)16)6-13-12(17)14-9-5-8-2-3-10(9)18-8/h7-10H,2-6H2,1H3,(H,15,16)(H2,13,14,17). The molecule has 0 aromatic rings. The number of rotatable bonds is 5. The van der Waals surface area contributed by atoms with E-state index in [0.29, 0.717) is 12.6 Å². The summed E-state index contributed by atoms with van der Waals surface area (Å²) < 4.78 is 5.64. The van der Waals surface area contributed by atoms with Gasteiger partial charge < -0.3 is 20.5 Å². The number of ether oxygens (including phenoxy) is 1. The number of carbonyl (C=O) groups excluding carboxylic acids is 1. The van der Waals surface area contributed by atoms with E-state index in [1.165, 1.54) is 0 Å². The number of carboxylic acids is 1. The molecule has 2 bridgehead atoms. The van der Waals surface area contributed by atoms with Crippen molar-refractivity contribution in [2.24, 2.45) is 5.92 Å². The van der Waals surface area contributed by atoms with Gasteiger partial charge in [-0.05, 0) is 25.2 Å². The molecule has 0 saturated carbocycles. The molecule has 2 rings (SSSR count). The van der Waals surface area contributed by atoms with E-state index in [4.69, 9.17) is 9.84 Å². The van der Waals surface area contributed by atoms with Crippen molar-refractivity contribution in [2.75, 3.05) is 6.54 Å². The van der Waals surface area contributed by atoms with E-state index < -0.39 is 5.97 Å². The topological polar surface area (TPSA) is 87.7 Å². The van der Waals surface area contributed by atoms with Crippen LogP contribution in [0.25, 0.3) is 0 Å². The number of fused-ring (bicyclic) bond motifs is 2. The smallest absolute Gasteiger partial charge is 0.315 e. The molecule has 2 fully saturated rings. The predicted molar refractivity (Wildman–Crippen MR) is 64.3 cm³/mol. The lowest BCUT2D eigenvalue weighted by Gasteiger charge is -2.20. The zero-order valence-corrected chi connectivity index (χ0v) is 10.5. The molecular formula is C12H20N2O4. The van der Waals surface area contributed by atoms with Gasteiger partial charge in [0.05, 0.1) is 18.2 Å². The van der Waals surface area contributed by atoms with Crippen LogP contribution < -0.4 is 10.6 Å². The summed E-state index contributed by atoms with van der Waals surface area (Å²) in [6, 6.07) is -0.119. The normalized spacial score (nSPS) is 31.1. The SMILES string of the molecule is CC(CNC(=O)NC1CC2CCC1O2)CC(=O)O. The highest BCUT2D eigenvalue weighted by molar-refractivity contribution is 5.74. The molecule has 0 radical (unpaired) electrons. The molecule has 102 valence electrons. The van der Waals surface area contributed by atoms with Crippen LogP contribution in [0.5, 0.6) is 0 Å². The van der Waals surface area contributed by atoms with Crippen molar-refractivity contribution in [3.8, 4) is 0 Å². The van der Waals surface area contributed by atoms with Gasteiger partial charge >= 0.3 is 12.0 Å². The van der Waals surface area contributed by atoms with Crippen molar-refractivity contribution < 1.29 is 19.4 Å². The molecule has 0 spiro atoms. The van der Waals surface area contributed by atoms with Gasteiger partial charge in [-0.25, -0.2) is 4.79 Å². The quantitative estimate of drug-likeness (QED) is 0.676. The summed E-state index contributed by atoms with van der Waals surface area (Å²) in [4.78, 5) is 22.1. The van der Waals surface area contributed by atoms with E-state index in [1.54, 1.807) is 6.92 Å². The van der Waals surface area contributed by atoms with Crippen LogP contribution >= 0.6 is 0 Å². The Hall–Kier alpha value is -1.30. The molecule has 3 N–H and O–H groups in total. The zero-order chi connectivity index (χ0) is 13.1. The molecule has 18 heavy (non-hydrogen) atoms. The largest absolute Gasteiger partial charge is 0.481 e. The van der Waals surface area contributed by atoms with Crippen molar-refractivity contribution in [3.63, 3.8) is 0 Å². The number of amides is 2. The summed E-state index contributed by atoms with van der Waals surface area (Å²) in [5, 5.41) is 14.2. The van der Waals surface area contributed by atoms with E-state index in [2.05, 4.69) is 10.6 Å². The maximum Gasteiger partial charge on any atom is 0.315 e. The lowest BCUT2D eigenvalue weighted by atomic mass is 9.96. The molecule has 2 heterocycles. The first-order valence-corrected chi connectivity index (χ1v) is 6.46. The first-order chi connectivity index (χ1) is 8.54. The van der Waals surface area contributed by atoms with E-state index in [-0.39, 0.29) is 30.5 Å². The molecule has 4 atom stereocenters. The first kappa shape index (κ1) is 13.1. The second kappa shape index (κ2) is 5.56. The number of urea groups is 1. The molecular weight excluding hydrogens is 236 g/mol. The van der Waals surface area contributed by atoms with Crippen LogP contribution in [-0.2, 0) is 9.53 Å². The zero-order valence-electron chi connectivity index (χ0n) is 10.5. The van der Waals surface area contributed by atoms with E-state index >= 15 is 0 Å². The summed E-state index contributed by atoms with van der Waals surface area (Å²) in [6.45, 7) is 2.18. The number of hydrogen-bond donors (Lipinski definition) is 3. The van der Waals surface area contributed by atoms with Gasteiger partial charge in [-0.3, -0.25) is 4.79 Å². The third-order valence-corrected chi connectivity index (χ3v) is 3.56. The summed E-state index contributed by atoms with van der Waals surface area (Å²) >= 11 is 0. The van der Waals surface area contributed by atoms with Crippen molar-refractivity contribution in [1.29, 1.82) is 0 Å². The lowest BCUT2D eigenvalue weighted by Crippen LogP contribution is -2.47. The maximum atomic E-state index is 11.6. The fourth-order valence-corrected chi connectivity index (χ4v) is 2.65. The average Bonchev–Trinajstić information content (AvgIpc) is 2.87. The Labute approximate surface area is 106 Å². The van der Waals surface area contributed by atoms with E-state index in [0.717, 1.165) is 19.3 Å². The highest BCUT2D eigenvalue weighted by Crippen LogP contribution is 2.34. The molecule has 2 saturated heterocycles. The van der Waals surface area contributed by atoms with Crippen molar-refractivity contribution in [1.82, 2.24) is 10.6 Å². The van der Waals surface area contributed by atoms with Gasteiger partial charge in [-0.1, -0.05) is 6.92 Å². The van der Waals surface area contributed by atoms with Gasteiger partial charge in [-0.15, -0.1) is 0 Å². The molecule has 6 nitrogen and oxygen atoms in total. The minimum atomic E-state index is -0.841. The third kappa shape index (κ3) is 3.35.